The molecule has 0 radical (unpaired) electrons. The summed E-state index contributed by atoms with van der Waals surface area (Å²) < 4.78 is 0. The van der Waals surface area contributed by atoms with Crippen molar-refractivity contribution in [3.8, 4) is 0 Å². The first-order valence-corrected chi connectivity index (χ1v) is 11.9. The second-order valence-corrected chi connectivity index (χ2v) is 10.1. The van der Waals surface area contributed by atoms with Crippen molar-refractivity contribution in [2.75, 3.05) is 0 Å². The first-order chi connectivity index (χ1) is 15.1. The Morgan fingerprint density at radius 1 is 0.906 bits per heavy atom. The van der Waals surface area contributed by atoms with Gasteiger partial charge in [0.25, 0.3) is 0 Å². The van der Waals surface area contributed by atoms with Crippen molar-refractivity contribution in [1.82, 2.24) is 0 Å². The lowest BCUT2D eigenvalue weighted by molar-refractivity contribution is 0.106. The first kappa shape index (κ1) is 26.3. The van der Waals surface area contributed by atoms with Crippen molar-refractivity contribution >= 4 is 6.08 Å². The van der Waals surface area contributed by atoms with Gasteiger partial charge in [-0.3, -0.25) is 0 Å². The Bertz CT molecular complexity index is 901. The molecule has 0 aromatic heterocycles. The molecule has 3 heteroatoms. The van der Waals surface area contributed by atoms with Crippen molar-refractivity contribution in [3.63, 3.8) is 0 Å². The van der Waals surface area contributed by atoms with Crippen LogP contribution < -0.4 is 0 Å². The van der Waals surface area contributed by atoms with Crippen molar-refractivity contribution in [3.05, 3.63) is 75.9 Å². The number of aliphatic hydroxyl groups excluding tert-OH is 3. The SMILES string of the molecule is CCC(CC)(CCc1ccc(CO)c(CO)c1)c1ccc(/C=C/C(O)C(C)(C)C)c(C)c1. The quantitative estimate of drug-likeness (QED) is 0.421. The second-order valence-electron chi connectivity index (χ2n) is 10.1. The Balaban J connectivity index is 2.25. The molecule has 0 heterocycles. The van der Waals surface area contributed by atoms with Crippen LogP contribution in [-0.4, -0.2) is 21.4 Å². The van der Waals surface area contributed by atoms with Crippen molar-refractivity contribution in [1.29, 1.82) is 0 Å². The van der Waals surface area contributed by atoms with E-state index in [1.807, 2.05) is 45.1 Å². The van der Waals surface area contributed by atoms with Gasteiger partial charge in [-0.15, -0.1) is 0 Å². The smallest absolute Gasteiger partial charge is 0.0772 e. The van der Waals surface area contributed by atoms with Crippen LogP contribution in [0.5, 0.6) is 0 Å². The first-order valence-electron chi connectivity index (χ1n) is 11.9. The number of rotatable bonds is 10. The van der Waals surface area contributed by atoms with E-state index >= 15 is 0 Å². The van der Waals surface area contributed by atoms with Crippen LogP contribution in [0.2, 0.25) is 0 Å². The molecule has 2 rings (SSSR count). The molecular formula is C29H42O3. The van der Waals surface area contributed by atoms with Gasteiger partial charge < -0.3 is 15.3 Å². The molecule has 0 aliphatic rings. The highest BCUT2D eigenvalue weighted by atomic mass is 16.3. The summed E-state index contributed by atoms with van der Waals surface area (Å²) in [6.45, 7) is 12.7. The molecule has 2 aromatic carbocycles. The zero-order valence-corrected chi connectivity index (χ0v) is 20.8. The maximum absolute atomic E-state index is 10.3. The molecule has 0 spiro atoms. The summed E-state index contributed by atoms with van der Waals surface area (Å²) in [7, 11) is 0. The van der Waals surface area contributed by atoms with Crippen LogP contribution in [0.25, 0.3) is 6.08 Å². The zero-order valence-electron chi connectivity index (χ0n) is 20.8. The number of hydrogen-bond donors (Lipinski definition) is 3. The molecule has 2 aromatic rings. The number of benzene rings is 2. The van der Waals surface area contributed by atoms with E-state index in [4.69, 9.17) is 0 Å². The molecule has 32 heavy (non-hydrogen) atoms. The molecule has 3 N–H and O–H groups in total. The molecule has 176 valence electrons. The Labute approximate surface area is 194 Å². The van der Waals surface area contributed by atoms with Crippen LogP contribution in [0.3, 0.4) is 0 Å². The van der Waals surface area contributed by atoms with Gasteiger partial charge in [0, 0.05) is 0 Å². The van der Waals surface area contributed by atoms with E-state index in [1.54, 1.807) is 0 Å². The van der Waals surface area contributed by atoms with E-state index in [2.05, 4.69) is 45.0 Å². The Morgan fingerprint density at radius 3 is 2.09 bits per heavy atom. The van der Waals surface area contributed by atoms with Crippen LogP contribution in [0.15, 0.2) is 42.5 Å². The highest BCUT2D eigenvalue weighted by Gasteiger charge is 2.28. The minimum Gasteiger partial charge on any atom is -0.392 e. The average molecular weight is 439 g/mol. The molecule has 0 saturated carbocycles. The zero-order chi connectivity index (χ0) is 23.9. The summed E-state index contributed by atoms with van der Waals surface area (Å²) in [4.78, 5) is 0. The van der Waals surface area contributed by atoms with Crippen LogP contribution in [0, 0.1) is 12.3 Å². The van der Waals surface area contributed by atoms with Gasteiger partial charge in [0.15, 0.2) is 0 Å². The summed E-state index contributed by atoms with van der Waals surface area (Å²) in [6, 6.07) is 12.8. The maximum Gasteiger partial charge on any atom is 0.0772 e. The lowest BCUT2D eigenvalue weighted by Gasteiger charge is -2.33. The highest BCUT2D eigenvalue weighted by molar-refractivity contribution is 5.55. The summed E-state index contributed by atoms with van der Waals surface area (Å²) in [6.07, 6.45) is 7.52. The number of aryl methyl sites for hydroxylation is 2. The molecular weight excluding hydrogens is 396 g/mol. The Hall–Kier alpha value is -1.94. The molecule has 0 bridgehead atoms. The molecule has 1 atom stereocenters. The van der Waals surface area contributed by atoms with Crippen LogP contribution >= 0.6 is 0 Å². The molecule has 0 saturated heterocycles. The second kappa shape index (κ2) is 11.3. The molecule has 1 unspecified atom stereocenters. The van der Waals surface area contributed by atoms with Gasteiger partial charge >= 0.3 is 0 Å². The van der Waals surface area contributed by atoms with Gasteiger partial charge in [-0.1, -0.05) is 83.2 Å². The van der Waals surface area contributed by atoms with Gasteiger partial charge in [0.2, 0.25) is 0 Å². The van der Waals surface area contributed by atoms with E-state index in [0.717, 1.165) is 42.4 Å². The lowest BCUT2D eigenvalue weighted by Crippen LogP contribution is -2.25. The highest BCUT2D eigenvalue weighted by Crippen LogP contribution is 2.37. The summed E-state index contributed by atoms with van der Waals surface area (Å²) in [5.41, 5.74) is 6.46. The fourth-order valence-corrected chi connectivity index (χ4v) is 4.35. The minimum absolute atomic E-state index is 0.0448. The normalized spacial score (nSPS) is 13.7. The van der Waals surface area contributed by atoms with E-state index in [0.29, 0.717) is 0 Å². The third-order valence-corrected chi connectivity index (χ3v) is 7.08. The summed E-state index contributed by atoms with van der Waals surface area (Å²) in [5, 5.41) is 29.4. The maximum atomic E-state index is 10.3. The number of aliphatic hydroxyl groups is 3. The summed E-state index contributed by atoms with van der Waals surface area (Å²) >= 11 is 0. The molecule has 0 aliphatic carbocycles. The predicted molar refractivity (Wildman–Crippen MR) is 135 cm³/mol. The molecule has 3 nitrogen and oxygen atoms in total. The Morgan fingerprint density at radius 2 is 1.56 bits per heavy atom. The van der Waals surface area contributed by atoms with Gasteiger partial charge in [0.1, 0.15) is 0 Å². The number of hydrogen-bond acceptors (Lipinski definition) is 3. The predicted octanol–water partition coefficient (Wildman–Crippen LogP) is 6.09. The fourth-order valence-electron chi connectivity index (χ4n) is 4.35. The van der Waals surface area contributed by atoms with Crippen molar-refractivity contribution in [2.24, 2.45) is 5.41 Å². The van der Waals surface area contributed by atoms with Crippen LogP contribution in [0.4, 0.5) is 0 Å². The van der Waals surface area contributed by atoms with E-state index in [-0.39, 0.29) is 24.0 Å². The van der Waals surface area contributed by atoms with Crippen LogP contribution in [0.1, 0.15) is 87.3 Å². The van der Waals surface area contributed by atoms with Crippen LogP contribution in [-0.2, 0) is 25.0 Å². The Kier molecular flexibility index (Phi) is 9.27. The monoisotopic (exact) mass is 438 g/mol. The topological polar surface area (TPSA) is 60.7 Å². The molecule has 0 amide bonds. The fraction of sp³-hybridized carbons (Fsp3) is 0.517. The molecule has 0 aliphatic heterocycles. The van der Waals surface area contributed by atoms with Crippen molar-refractivity contribution in [2.45, 2.75) is 92.0 Å². The van der Waals surface area contributed by atoms with Gasteiger partial charge in [-0.25, -0.2) is 0 Å². The minimum atomic E-state index is -0.479. The van der Waals surface area contributed by atoms with E-state index in [9.17, 15) is 15.3 Å². The third-order valence-electron chi connectivity index (χ3n) is 7.08. The van der Waals surface area contributed by atoms with E-state index < -0.39 is 6.10 Å². The van der Waals surface area contributed by atoms with Gasteiger partial charge in [-0.05, 0) is 76.8 Å². The standard InChI is InChI=1S/C29H42O3/c1-7-29(8-2,16-15-22-9-10-24(19-30)25(18-22)20-31)26-13-11-23(21(3)17-26)12-14-27(32)28(4,5)6/h9-14,17-18,27,30-32H,7-8,15-16,19-20H2,1-6H3/b14-12+. The lowest BCUT2D eigenvalue weighted by atomic mass is 9.71. The molecule has 0 fully saturated rings. The van der Waals surface area contributed by atoms with E-state index in [1.165, 1.54) is 16.7 Å². The largest absolute Gasteiger partial charge is 0.392 e. The summed E-state index contributed by atoms with van der Waals surface area (Å²) in [5.74, 6) is 0. The van der Waals surface area contributed by atoms with Crippen molar-refractivity contribution < 1.29 is 15.3 Å². The van der Waals surface area contributed by atoms with Gasteiger partial charge in [0.05, 0.1) is 19.3 Å². The average Bonchev–Trinajstić information content (AvgIpc) is 2.78. The van der Waals surface area contributed by atoms with Gasteiger partial charge in [-0.2, -0.15) is 0 Å². The third kappa shape index (κ3) is 6.31.